The molecule has 4 heterocycles. The van der Waals surface area contributed by atoms with Crippen LogP contribution in [-0.4, -0.2) is 131 Å². The van der Waals surface area contributed by atoms with Gasteiger partial charge in [0.25, 0.3) is 0 Å². The summed E-state index contributed by atoms with van der Waals surface area (Å²) in [7, 11) is 3.95. The van der Waals surface area contributed by atoms with E-state index in [2.05, 4.69) is 21.3 Å². The van der Waals surface area contributed by atoms with E-state index in [4.69, 9.17) is 34.6 Å². The Hall–Kier alpha value is -5.71. The highest BCUT2D eigenvalue weighted by Crippen LogP contribution is 2.44. The maximum absolute atomic E-state index is 14.0. The van der Waals surface area contributed by atoms with Crippen molar-refractivity contribution >= 4 is 66.6 Å². The number of nitrogens with zero attached hydrogens (tertiary/aromatic N) is 7. The molecule has 9 rings (SSSR count). The molecule has 4 aromatic heterocycles. The Morgan fingerprint density at radius 1 is 0.776 bits per heavy atom. The van der Waals surface area contributed by atoms with E-state index in [9.17, 15) is 29.9 Å². The lowest BCUT2D eigenvalue weighted by molar-refractivity contribution is -0.0401. The fourth-order valence-electron chi connectivity index (χ4n) is 8.88. The predicted molar refractivity (Wildman–Crippen MR) is 259 cm³/mol. The number of aliphatic hydroxyl groups is 5. The number of thiazole rings is 2. The molecule has 20 heteroatoms. The second-order valence-corrected chi connectivity index (χ2v) is 19.6. The van der Waals surface area contributed by atoms with Crippen LogP contribution in [-0.2, 0) is 6.54 Å². The summed E-state index contributed by atoms with van der Waals surface area (Å²) in [4.78, 5) is 31.2. The summed E-state index contributed by atoms with van der Waals surface area (Å²) in [5, 5.41) is 69.2. The number of halogens is 1. The molecule has 0 radical (unpaired) electrons. The normalized spacial score (nSPS) is 22.8. The van der Waals surface area contributed by atoms with E-state index in [0.29, 0.717) is 86.3 Å². The molecule has 0 unspecified atom stereocenters. The third-order valence-electron chi connectivity index (χ3n) is 12.4. The summed E-state index contributed by atoms with van der Waals surface area (Å²) >= 11 is 2.90. The number of rotatable bonds is 17. The lowest BCUT2D eigenvalue weighted by Crippen LogP contribution is -2.51. The summed E-state index contributed by atoms with van der Waals surface area (Å²) in [6, 6.07) is 19.0. The molecule has 2 aliphatic carbocycles. The molecule has 0 saturated heterocycles. The number of aryl methyl sites for hydroxylation is 2. The molecule has 67 heavy (non-hydrogen) atoms. The topological polar surface area (TPSA) is 239 Å². The van der Waals surface area contributed by atoms with Crippen molar-refractivity contribution < 1.29 is 34.7 Å². The SMILES string of the molecule is Cc1nc(NCCN(C)C)nc(N[C@@H]2C[C@H](CO)[C@@H](O)[C@H]2O)c1-c1nc2cc(O[C@@H]3[C@@H](CO)CC[C@]3(O)Nc3nc(NCc4cccc(F)c4)nc(C)c3-c3nc4ccccc4s3)ccc2s1. The van der Waals surface area contributed by atoms with Gasteiger partial charge in [-0.15, -0.1) is 22.7 Å². The van der Waals surface area contributed by atoms with Crippen LogP contribution >= 0.6 is 22.7 Å². The molecule has 2 fully saturated rings. The van der Waals surface area contributed by atoms with Crippen molar-refractivity contribution in [3.8, 4) is 26.9 Å². The third kappa shape index (κ3) is 9.84. The average molecular weight is 952 g/mol. The van der Waals surface area contributed by atoms with Crippen molar-refractivity contribution in [2.75, 3.05) is 61.7 Å². The monoisotopic (exact) mass is 951 g/mol. The number of likely N-dealkylation sites (N-methyl/N-ethyl adjacent to an activating group) is 1. The molecule has 0 amide bonds. The predicted octanol–water partition coefficient (Wildman–Crippen LogP) is 5.63. The average Bonchev–Trinajstić information content (AvgIpc) is 4.06. The van der Waals surface area contributed by atoms with Gasteiger partial charge in [-0.3, -0.25) is 0 Å². The first kappa shape index (κ1) is 46.4. The molecule has 2 saturated carbocycles. The van der Waals surface area contributed by atoms with Crippen LogP contribution in [0.15, 0.2) is 66.7 Å². The molecule has 7 aromatic rings. The van der Waals surface area contributed by atoms with Gasteiger partial charge >= 0.3 is 0 Å². The smallest absolute Gasteiger partial charge is 0.225 e. The summed E-state index contributed by atoms with van der Waals surface area (Å²) in [6.45, 7) is 4.80. The molecule has 0 aliphatic heterocycles. The number of nitrogens with one attached hydrogen (secondary N) is 4. The zero-order chi connectivity index (χ0) is 47.0. The Kier molecular flexibility index (Phi) is 13.5. The summed E-state index contributed by atoms with van der Waals surface area (Å²) in [5.41, 5.74) is 2.87. The van der Waals surface area contributed by atoms with Gasteiger partial charge in [-0.1, -0.05) is 24.3 Å². The number of hydrogen-bond acceptors (Lipinski definition) is 19. The van der Waals surface area contributed by atoms with E-state index in [0.717, 1.165) is 21.5 Å². The molecule has 9 N–H and O–H groups in total. The van der Waals surface area contributed by atoms with Crippen LogP contribution in [0.2, 0.25) is 0 Å². The number of fused-ring (bicyclic) bond motifs is 2. The fourth-order valence-corrected chi connectivity index (χ4v) is 11.0. The quantitative estimate of drug-likeness (QED) is 0.0503. The van der Waals surface area contributed by atoms with Crippen molar-refractivity contribution in [3.63, 3.8) is 0 Å². The number of benzene rings is 3. The van der Waals surface area contributed by atoms with Crippen molar-refractivity contribution in [1.82, 2.24) is 34.8 Å². The maximum atomic E-state index is 14.0. The molecular weight excluding hydrogens is 898 g/mol. The minimum atomic E-state index is -1.72. The van der Waals surface area contributed by atoms with Gasteiger partial charge in [0, 0.05) is 50.8 Å². The van der Waals surface area contributed by atoms with E-state index in [-0.39, 0.29) is 37.9 Å². The Labute approximate surface area is 394 Å². The van der Waals surface area contributed by atoms with Crippen molar-refractivity contribution in [2.45, 2.75) is 69.7 Å². The second kappa shape index (κ2) is 19.5. The Balaban J connectivity index is 1.02. The van der Waals surface area contributed by atoms with E-state index < -0.39 is 41.9 Å². The zero-order valence-corrected chi connectivity index (χ0v) is 39.1. The van der Waals surface area contributed by atoms with Crippen LogP contribution in [0.4, 0.5) is 27.9 Å². The third-order valence-corrected chi connectivity index (χ3v) is 14.5. The first-order chi connectivity index (χ1) is 32.3. The largest absolute Gasteiger partial charge is 0.485 e. The van der Waals surface area contributed by atoms with Crippen LogP contribution in [0, 0.1) is 31.5 Å². The lowest BCUT2D eigenvalue weighted by atomic mass is 10.0. The van der Waals surface area contributed by atoms with E-state index >= 15 is 0 Å². The number of anilines is 4. The second-order valence-electron chi connectivity index (χ2n) is 17.5. The van der Waals surface area contributed by atoms with Gasteiger partial charge in [0.1, 0.15) is 39.3 Å². The highest BCUT2D eigenvalue weighted by Gasteiger charge is 2.50. The van der Waals surface area contributed by atoms with Gasteiger partial charge < -0.3 is 56.4 Å². The molecule has 17 nitrogen and oxygen atoms in total. The van der Waals surface area contributed by atoms with Crippen LogP contribution in [0.5, 0.6) is 5.75 Å². The first-order valence-corrected chi connectivity index (χ1v) is 23.8. The minimum Gasteiger partial charge on any atom is -0.485 e. The van der Waals surface area contributed by atoms with Crippen molar-refractivity contribution in [1.29, 1.82) is 0 Å². The molecule has 0 bridgehead atoms. The van der Waals surface area contributed by atoms with Crippen LogP contribution in [0.1, 0.15) is 36.2 Å². The number of hydrogen-bond donors (Lipinski definition) is 9. The number of ether oxygens (including phenoxy) is 1. The summed E-state index contributed by atoms with van der Waals surface area (Å²) in [5.74, 6) is 0.519. The first-order valence-electron chi connectivity index (χ1n) is 22.2. The standard InChI is InChI=1S/C47H54FN11O6S2/c1-24-36(41(56-45(51-24)49-16-17-59(3)4)53-33-19-28(23-61)38(62)39(33)63)43-55-32-20-30(12-13-35(32)67-43)65-40-27(22-60)14-15-47(40,64)58-42-37(44-54-31-10-5-6-11-34(31)66-44)25(2)52-46(57-42)50-21-26-8-7-9-29(48)18-26/h5-13,18,20,27-28,33,38-40,60-64H,14-17,19,21-23H2,1-4H3,(H2,49,51,53,56)(H2,50,52,57,58)/t27-,28-,33-,38-,39+,40-,47-/m1/s1. The Bertz CT molecular complexity index is 2850. The van der Waals surface area contributed by atoms with E-state index in [1.165, 1.54) is 34.8 Å². The Morgan fingerprint density at radius 3 is 2.16 bits per heavy atom. The van der Waals surface area contributed by atoms with Crippen molar-refractivity contribution in [2.24, 2.45) is 11.8 Å². The van der Waals surface area contributed by atoms with Gasteiger partial charge in [-0.2, -0.15) is 9.97 Å². The van der Waals surface area contributed by atoms with E-state index in [1.807, 2.05) is 63.2 Å². The minimum absolute atomic E-state index is 0.223. The Morgan fingerprint density at radius 2 is 1.46 bits per heavy atom. The number of aliphatic hydroxyl groups excluding tert-OH is 4. The zero-order valence-electron chi connectivity index (χ0n) is 37.4. The molecule has 7 atom stereocenters. The van der Waals surface area contributed by atoms with Gasteiger partial charge in [0.15, 0.2) is 11.8 Å². The van der Waals surface area contributed by atoms with Crippen molar-refractivity contribution in [3.05, 3.63) is 89.5 Å². The lowest BCUT2D eigenvalue weighted by Gasteiger charge is -2.34. The molecule has 352 valence electrons. The molecule has 3 aromatic carbocycles. The van der Waals surface area contributed by atoms with Crippen LogP contribution in [0.3, 0.4) is 0 Å². The summed E-state index contributed by atoms with van der Waals surface area (Å²) < 4.78 is 22.5. The fraction of sp³-hybridized carbons (Fsp3) is 0.404. The molecule has 2 aliphatic rings. The van der Waals surface area contributed by atoms with E-state index in [1.54, 1.807) is 24.3 Å². The van der Waals surface area contributed by atoms with Gasteiger partial charge in [0.05, 0.1) is 55.1 Å². The highest BCUT2D eigenvalue weighted by atomic mass is 32.1. The number of para-hydroxylation sites is 1. The van der Waals surface area contributed by atoms with Gasteiger partial charge in [-0.05, 0) is 89.2 Å². The maximum Gasteiger partial charge on any atom is 0.225 e. The van der Waals surface area contributed by atoms with Crippen LogP contribution in [0.25, 0.3) is 41.6 Å². The molecular formula is C47H54FN11O6S2. The van der Waals surface area contributed by atoms with Gasteiger partial charge in [0.2, 0.25) is 11.9 Å². The molecule has 0 spiro atoms. The number of aromatic nitrogens is 6. The summed E-state index contributed by atoms with van der Waals surface area (Å²) in [6.07, 6.45) is -2.16. The highest BCUT2D eigenvalue weighted by molar-refractivity contribution is 7.22. The van der Waals surface area contributed by atoms with Crippen LogP contribution < -0.4 is 26.0 Å². The van der Waals surface area contributed by atoms with Gasteiger partial charge in [-0.25, -0.2) is 24.3 Å².